The number of amides is 4. The Hall–Kier alpha value is -5.64. The maximum atomic E-state index is 14.3. The number of aliphatic hydroxyl groups excluding tert-OH is 1. The van der Waals surface area contributed by atoms with Gasteiger partial charge in [0.1, 0.15) is 35.8 Å². The number of halogens is 1. The number of thiazole rings is 1. The van der Waals surface area contributed by atoms with Gasteiger partial charge in [-0.1, -0.05) is 84.3 Å². The fourth-order valence-corrected chi connectivity index (χ4v) is 12.8. The van der Waals surface area contributed by atoms with Crippen LogP contribution in [0.3, 0.4) is 0 Å². The highest BCUT2D eigenvalue weighted by molar-refractivity contribution is 7.13. The van der Waals surface area contributed by atoms with E-state index in [2.05, 4.69) is 69.4 Å². The number of ether oxygens (including phenoxy) is 1. The summed E-state index contributed by atoms with van der Waals surface area (Å²) in [6.07, 6.45) is 2.83. The highest BCUT2D eigenvalue weighted by atomic mass is 35.5. The number of aryl methyl sites for hydroxylation is 1. The predicted molar refractivity (Wildman–Crippen MR) is 288 cm³/mol. The number of hydrogen-bond acceptors (Lipinski definition) is 13. The van der Waals surface area contributed by atoms with Gasteiger partial charge in [-0.3, -0.25) is 24.1 Å². The Morgan fingerprint density at radius 1 is 0.946 bits per heavy atom. The van der Waals surface area contributed by atoms with Crippen molar-refractivity contribution in [2.45, 2.75) is 118 Å². The van der Waals surface area contributed by atoms with E-state index in [0.29, 0.717) is 27.8 Å². The molecule has 2 aromatic heterocycles. The molecule has 3 aliphatic heterocycles. The standard InChI is InChI=1S/C56H73ClN10O6S/c1-34(37-10-12-38(13-11-37)47-35(2)60-33-74-47)61-50(71)44-26-41(68)31-67(44)51(72)48(54(3,4)5)62-46(69)32-65-24-22-64(23-25-65)20-18-36-19-21-66(30-36)45-17-15-40(29-59-45)49(70)63-52-55(6,7)53(56(52,8)9)73-42-16-14-39(28-58)43(57)27-42/h10-17,27,29,33-34,36,41,44,48,52-53,68H,18-26,30-32H2,1-9H3,(H,61,71)(H,62,69)(H,63,70)/t34-,36?,41+,44+,48+,52?,53?/m0/s1. The van der Waals surface area contributed by atoms with Crippen LogP contribution in [-0.2, 0) is 14.4 Å². The van der Waals surface area contributed by atoms with E-state index in [9.17, 15) is 29.5 Å². The lowest BCUT2D eigenvalue weighted by atomic mass is 9.49. The van der Waals surface area contributed by atoms with E-state index >= 15 is 0 Å². The van der Waals surface area contributed by atoms with Crippen LogP contribution in [0.1, 0.15) is 108 Å². The minimum atomic E-state index is -0.896. The first-order valence-electron chi connectivity index (χ1n) is 25.9. The summed E-state index contributed by atoms with van der Waals surface area (Å²) in [6, 6.07) is 16.7. The Morgan fingerprint density at radius 3 is 2.27 bits per heavy atom. The SMILES string of the molecule is Cc1ncsc1-c1ccc([C@H](C)NC(=O)[C@H]2C[C@@H](O)CN2C(=O)[C@@H](NC(=O)CN2CCN(CCC3CCN(c4ccc(C(=O)NC5C(C)(C)C(Oc6ccc(C#N)c(Cl)c6)C5(C)C)cn4)C3)CC2)C(C)(C)C)cc1. The number of pyridine rings is 1. The third-order valence-corrected chi connectivity index (χ3v) is 17.1. The Balaban J connectivity index is 0.756. The van der Waals surface area contributed by atoms with Crippen LogP contribution in [-0.4, -0.2) is 143 Å². The van der Waals surface area contributed by atoms with Gasteiger partial charge in [0, 0.05) is 81.4 Å². The van der Waals surface area contributed by atoms with Crippen molar-refractivity contribution in [1.29, 1.82) is 5.26 Å². The molecule has 1 aliphatic carbocycles. The molecule has 4 fully saturated rings. The Bertz CT molecular complexity index is 2700. The average Bonchev–Trinajstić information content (AvgIpc) is 4.13. The summed E-state index contributed by atoms with van der Waals surface area (Å²) in [5.41, 5.74) is 4.25. The monoisotopic (exact) mass is 1050 g/mol. The summed E-state index contributed by atoms with van der Waals surface area (Å²) in [5, 5.41) is 29.7. The number of β-amino-alcohol motifs (C(OH)–C–C–N with tert-alkyl or cyclic N) is 1. The van der Waals surface area contributed by atoms with Crippen molar-refractivity contribution in [2.24, 2.45) is 22.2 Å². The predicted octanol–water partition coefficient (Wildman–Crippen LogP) is 6.85. The van der Waals surface area contributed by atoms with E-state index in [1.807, 2.05) is 76.5 Å². The number of benzene rings is 2. The molecule has 0 bridgehead atoms. The first kappa shape index (κ1) is 54.6. The summed E-state index contributed by atoms with van der Waals surface area (Å²) in [4.78, 5) is 73.7. The molecular weight excluding hydrogens is 976 g/mol. The maximum Gasteiger partial charge on any atom is 0.253 e. The van der Waals surface area contributed by atoms with Crippen LogP contribution in [0.5, 0.6) is 5.75 Å². The van der Waals surface area contributed by atoms with Crippen LogP contribution in [0, 0.1) is 40.4 Å². The van der Waals surface area contributed by atoms with Crippen molar-refractivity contribution in [2.75, 3.05) is 63.8 Å². The van der Waals surface area contributed by atoms with E-state index < -0.39 is 23.6 Å². The number of nitrogens with one attached hydrogen (secondary N) is 3. The van der Waals surface area contributed by atoms with Gasteiger partial charge in [-0.15, -0.1) is 11.3 Å². The van der Waals surface area contributed by atoms with Gasteiger partial charge in [0.25, 0.3) is 5.91 Å². The van der Waals surface area contributed by atoms with Gasteiger partial charge in [-0.25, -0.2) is 9.97 Å². The van der Waals surface area contributed by atoms with Gasteiger partial charge < -0.3 is 40.5 Å². The van der Waals surface area contributed by atoms with Gasteiger partial charge in [-0.05, 0) is 80.0 Å². The molecule has 4 amide bonds. The molecule has 5 atom stereocenters. The summed E-state index contributed by atoms with van der Waals surface area (Å²) in [6.45, 7) is 24.0. The number of nitrogens with zero attached hydrogens (tertiary/aromatic N) is 7. The van der Waals surface area contributed by atoms with E-state index in [1.54, 1.807) is 35.7 Å². The zero-order valence-corrected chi connectivity index (χ0v) is 45.9. The topological polar surface area (TPSA) is 196 Å². The van der Waals surface area contributed by atoms with Crippen LogP contribution in [0.4, 0.5) is 5.82 Å². The minimum absolute atomic E-state index is 0.0138. The second-order valence-electron chi connectivity index (χ2n) is 23.1. The van der Waals surface area contributed by atoms with Crippen molar-refractivity contribution >= 4 is 52.4 Å². The third-order valence-electron chi connectivity index (χ3n) is 15.8. The fourth-order valence-electron chi connectivity index (χ4n) is 11.8. The number of anilines is 1. The van der Waals surface area contributed by atoms with Crippen LogP contribution in [0.25, 0.3) is 10.4 Å². The van der Waals surface area contributed by atoms with Gasteiger partial charge >= 0.3 is 0 Å². The molecule has 8 rings (SSSR count). The Labute approximate surface area is 445 Å². The first-order valence-corrected chi connectivity index (χ1v) is 27.2. The van der Waals surface area contributed by atoms with Crippen molar-refractivity contribution in [3.63, 3.8) is 0 Å². The average molecular weight is 1050 g/mol. The minimum Gasteiger partial charge on any atom is -0.489 e. The van der Waals surface area contributed by atoms with Crippen molar-refractivity contribution in [3.05, 3.63) is 93.7 Å². The molecule has 16 nitrogen and oxygen atoms in total. The molecule has 4 aliphatic rings. The van der Waals surface area contributed by atoms with Gasteiger partial charge in [0.05, 0.1) is 50.9 Å². The van der Waals surface area contributed by atoms with Crippen LogP contribution >= 0.6 is 22.9 Å². The van der Waals surface area contributed by atoms with E-state index in [1.165, 1.54) is 4.90 Å². The zero-order valence-electron chi connectivity index (χ0n) is 44.3. The van der Waals surface area contributed by atoms with Crippen LogP contribution in [0.15, 0.2) is 66.3 Å². The lowest BCUT2D eigenvalue weighted by Crippen LogP contribution is -2.74. The molecule has 1 unspecified atom stereocenters. The molecule has 3 saturated heterocycles. The van der Waals surface area contributed by atoms with Gasteiger partial charge in [0.15, 0.2) is 0 Å². The fraction of sp³-hybridized carbons (Fsp3) is 0.554. The van der Waals surface area contributed by atoms with Gasteiger partial charge in [-0.2, -0.15) is 5.26 Å². The normalized spacial score (nSPS) is 23.6. The number of carbonyl (C=O) groups is 4. The Morgan fingerprint density at radius 2 is 1.65 bits per heavy atom. The summed E-state index contributed by atoms with van der Waals surface area (Å²) in [5.74, 6) is 0.815. The molecular formula is C56H73ClN10O6S. The van der Waals surface area contributed by atoms with Crippen LogP contribution < -0.4 is 25.6 Å². The second-order valence-corrected chi connectivity index (χ2v) is 24.4. The highest BCUT2D eigenvalue weighted by Crippen LogP contribution is 2.55. The molecule has 4 N–H and O–H groups in total. The molecule has 0 spiro atoms. The molecule has 396 valence electrons. The number of aromatic nitrogens is 2. The first-order chi connectivity index (χ1) is 35.0. The summed E-state index contributed by atoms with van der Waals surface area (Å²) >= 11 is 7.85. The molecule has 1 saturated carbocycles. The van der Waals surface area contributed by atoms with E-state index in [4.69, 9.17) is 21.3 Å². The molecule has 0 radical (unpaired) electrons. The zero-order chi connectivity index (χ0) is 53.3. The molecule has 5 heterocycles. The number of nitriles is 1. The van der Waals surface area contributed by atoms with Gasteiger partial charge in [0.2, 0.25) is 17.7 Å². The summed E-state index contributed by atoms with van der Waals surface area (Å²) in [7, 11) is 0. The summed E-state index contributed by atoms with van der Waals surface area (Å²) < 4.78 is 6.39. The largest absolute Gasteiger partial charge is 0.489 e. The van der Waals surface area contributed by atoms with Crippen molar-refractivity contribution in [1.82, 2.24) is 40.6 Å². The number of piperazine rings is 1. The maximum absolute atomic E-state index is 14.3. The smallest absolute Gasteiger partial charge is 0.253 e. The molecule has 4 aromatic rings. The second kappa shape index (κ2) is 22.3. The number of carbonyl (C=O) groups excluding carboxylic acids is 4. The number of hydrogen-bond donors (Lipinski definition) is 4. The Kier molecular flexibility index (Phi) is 16.5. The molecule has 74 heavy (non-hydrogen) atoms. The molecule has 18 heteroatoms. The highest BCUT2D eigenvalue weighted by Gasteiger charge is 2.64. The third kappa shape index (κ3) is 12.1. The van der Waals surface area contributed by atoms with E-state index in [-0.39, 0.29) is 72.2 Å². The lowest BCUT2D eigenvalue weighted by Gasteiger charge is -2.63. The quantitative estimate of drug-likeness (QED) is 0.0913. The van der Waals surface area contributed by atoms with Crippen LogP contribution in [0.2, 0.25) is 5.02 Å². The number of aliphatic hydroxyl groups is 1. The lowest BCUT2D eigenvalue weighted by molar-refractivity contribution is -0.164. The van der Waals surface area contributed by atoms with Crippen molar-refractivity contribution in [3.8, 4) is 22.3 Å². The van der Waals surface area contributed by atoms with E-state index in [0.717, 1.165) is 86.2 Å². The number of likely N-dealkylation sites (tertiary alicyclic amines) is 1. The molecule has 2 aromatic carbocycles. The number of rotatable bonds is 16. The van der Waals surface area contributed by atoms with Crippen molar-refractivity contribution < 1.29 is 29.0 Å².